The predicted molar refractivity (Wildman–Crippen MR) is 116 cm³/mol. The van der Waals surface area contributed by atoms with Gasteiger partial charge in [-0.25, -0.2) is 0 Å². The number of anilines is 1. The van der Waals surface area contributed by atoms with Gasteiger partial charge in [0.05, 0.1) is 15.3 Å². The van der Waals surface area contributed by atoms with E-state index in [2.05, 4.69) is 5.32 Å². The second-order valence-corrected chi connectivity index (χ2v) is 8.00. The van der Waals surface area contributed by atoms with Gasteiger partial charge in [0.1, 0.15) is 10.0 Å². The first kappa shape index (κ1) is 21.4. The number of esters is 1. The summed E-state index contributed by atoms with van der Waals surface area (Å²) in [5, 5.41) is 3.31. The standard InChI is InChI=1S/C19H13Cl3N2O4S/c1-8(25)28-15-12(21)6-11-13(17(23)26)19(29-16(11)14(15)22)24-18(27)10-4-2-9(7-20)3-5-10/h2-6H,7H2,1H3,(H2,23,26)(H,24,27). The number of amides is 2. The quantitative estimate of drug-likeness (QED) is 0.303. The number of hydrogen-bond acceptors (Lipinski definition) is 5. The number of nitrogens with one attached hydrogen (secondary N) is 1. The molecule has 1 aromatic heterocycles. The molecule has 0 fully saturated rings. The molecule has 0 unspecified atom stereocenters. The van der Waals surface area contributed by atoms with Crippen LogP contribution in [0.4, 0.5) is 5.00 Å². The zero-order valence-electron chi connectivity index (χ0n) is 14.8. The fraction of sp³-hybridized carbons (Fsp3) is 0.105. The Labute approximate surface area is 184 Å². The Morgan fingerprint density at radius 1 is 1.17 bits per heavy atom. The number of hydrogen-bond donors (Lipinski definition) is 2. The molecular formula is C19H13Cl3N2O4S. The largest absolute Gasteiger partial charge is 0.423 e. The highest BCUT2D eigenvalue weighted by molar-refractivity contribution is 7.24. The van der Waals surface area contributed by atoms with E-state index in [0.29, 0.717) is 21.5 Å². The lowest BCUT2D eigenvalue weighted by Gasteiger charge is -2.07. The number of ether oxygens (including phenoxy) is 1. The van der Waals surface area contributed by atoms with E-state index in [4.69, 9.17) is 45.3 Å². The maximum absolute atomic E-state index is 12.6. The maximum atomic E-state index is 12.6. The molecule has 2 aromatic carbocycles. The highest BCUT2D eigenvalue weighted by atomic mass is 35.5. The van der Waals surface area contributed by atoms with Crippen LogP contribution in [0.5, 0.6) is 5.75 Å². The molecule has 29 heavy (non-hydrogen) atoms. The van der Waals surface area contributed by atoms with Gasteiger partial charge in [-0.2, -0.15) is 0 Å². The van der Waals surface area contributed by atoms with Crippen LogP contribution in [0, 0.1) is 0 Å². The van der Waals surface area contributed by atoms with E-state index >= 15 is 0 Å². The normalized spacial score (nSPS) is 10.8. The summed E-state index contributed by atoms with van der Waals surface area (Å²) >= 11 is 19.3. The Hall–Kier alpha value is -2.32. The SMILES string of the molecule is CC(=O)Oc1c(Cl)cc2c(C(N)=O)c(NC(=O)c3ccc(CCl)cc3)sc2c1Cl. The summed E-state index contributed by atoms with van der Waals surface area (Å²) in [7, 11) is 0. The molecule has 0 atom stereocenters. The molecule has 0 aliphatic heterocycles. The fourth-order valence-electron chi connectivity index (χ4n) is 2.64. The first-order valence-corrected chi connectivity index (χ1v) is 10.2. The number of halogens is 3. The van der Waals surface area contributed by atoms with E-state index in [1.165, 1.54) is 13.0 Å². The molecule has 0 aliphatic rings. The number of nitrogens with two attached hydrogens (primary N) is 1. The molecule has 6 nitrogen and oxygen atoms in total. The van der Waals surface area contributed by atoms with Crippen LogP contribution < -0.4 is 15.8 Å². The molecule has 2 amide bonds. The van der Waals surface area contributed by atoms with Crippen LogP contribution in [0.1, 0.15) is 33.2 Å². The molecule has 0 bridgehead atoms. The van der Waals surface area contributed by atoms with Crippen molar-refractivity contribution in [1.82, 2.24) is 0 Å². The molecule has 0 saturated carbocycles. The van der Waals surface area contributed by atoms with E-state index in [1.807, 2.05) is 0 Å². The summed E-state index contributed by atoms with van der Waals surface area (Å²) in [5.74, 6) is -1.51. The van der Waals surface area contributed by atoms with Gasteiger partial charge in [-0.15, -0.1) is 22.9 Å². The predicted octanol–water partition coefficient (Wildman–Crippen LogP) is 5.22. The van der Waals surface area contributed by atoms with Crippen molar-refractivity contribution >= 4 is 79.0 Å². The van der Waals surface area contributed by atoms with Crippen molar-refractivity contribution in [3.63, 3.8) is 0 Å². The second kappa shape index (κ2) is 8.59. The van der Waals surface area contributed by atoms with Gasteiger partial charge >= 0.3 is 5.97 Å². The van der Waals surface area contributed by atoms with Crippen LogP contribution in [0.3, 0.4) is 0 Å². The van der Waals surface area contributed by atoms with Crippen LogP contribution in [0.25, 0.3) is 10.1 Å². The van der Waals surface area contributed by atoms with E-state index in [0.717, 1.165) is 16.9 Å². The number of thiophene rings is 1. The number of fused-ring (bicyclic) bond motifs is 1. The Morgan fingerprint density at radius 3 is 2.38 bits per heavy atom. The zero-order valence-corrected chi connectivity index (χ0v) is 17.9. The summed E-state index contributed by atoms with van der Waals surface area (Å²) in [6, 6.07) is 8.11. The first-order valence-electron chi connectivity index (χ1n) is 8.12. The third-order valence-electron chi connectivity index (χ3n) is 3.92. The van der Waals surface area contributed by atoms with E-state index < -0.39 is 17.8 Å². The van der Waals surface area contributed by atoms with Crippen molar-refractivity contribution in [3.05, 3.63) is 57.1 Å². The molecule has 0 spiro atoms. The summed E-state index contributed by atoms with van der Waals surface area (Å²) in [6.45, 7) is 1.21. The third-order valence-corrected chi connectivity index (χ3v) is 6.12. The number of primary amides is 1. The van der Waals surface area contributed by atoms with Gasteiger partial charge in [-0.1, -0.05) is 35.3 Å². The van der Waals surface area contributed by atoms with Gasteiger partial charge in [0.25, 0.3) is 11.8 Å². The van der Waals surface area contributed by atoms with Crippen molar-refractivity contribution in [3.8, 4) is 5.75 Å². The van der Waals surface area contributed by atoms with Gasteiger partial charge in [0.2, 0.25) is 0 Å². The Bertz CT molecular complexity index is 1140. The van der Waals surface area contributed by atoms with Crippen molar-refractivity contribution in [2.45, 2.75) is 12.8 Å². The van der Waals surface area contributed by atoms with Crippen LogP contribution in [-0.2, 0) is 10.7 Å². The smallest absolute Gasteiger partial charge is 0.308 e. The summed E-state index contributed by atoms with van der Waals surface area (Å²) in [5.41, 5.74) is 6.83. The number of carbonyl (C=O) groups excluding carboxylic acids is 3. The van der Waals surface area contributed by atoms with Gasteiger partial charge in [0.15, 0.2) is 5.75 Å². The average molecular weight is 472 g/mol. The van der Waals surface area contributed by atoms with Gasteiger partial charge < -0.3 is 15.8 Å². The molecule has 0 aliphatic carbocycles. The fourth-order valence-corrected chi connectivity index (χ4v) is 4.58. The summed E-state index contributed by atoms with van der Waals surface area (Å²) < 4.78 is 5.45. The molecule has 3 rings (SSSR count). The van der Waals surface area contributed by atoms with E-state index in [-0.39, 0.29) is 26.4 Å². The van der Waals surface area contributed by atoms with Gasteiger partial charge in [-0.05, 0) is 23.8 Å². The second-order valence-electron chi connectivity index (χ2n) is 5.93. The molecule has 0 saturated heterocycles. The highest BCUT2D eigenvalue weighted by Crippen LogP contribution is 2.46. The monoisotopic (exact) mass is 470 g/mol. The Kier molecular flexibility index (Phi) is 6.33. The Balaban J connectivity index is 2.08. The molecule has 150 valence electrons. The molecule has 1 heterocycles. The van der Waals surface area contributed by atoms with Crippen molar-refractivity contribution in [2.24, 2.45) is 5.73 Å². The lowest BCUT2D eigenvalue weighted by molar-refractivity contribution is -0.131. The molecule has 3 N–H and O–H groups in total. The topological polar surface area (TPSA) is 98.5 Å². The highest BCUT2D eigenvalue weighted by Gasteiger charge is 2.24. The molecule has 10 heteroatoms. The Morgan fingerprint density at radius 2 is 1.83 bits per heavy atom. The molecule has 3 aromatic rings. The van der Waals surface area contributed by atoms with Gasteiger partial charge in [-0.3, -0.25) is 14.4 Å². The van der Waals surface area contributed by atoms with Crippen molar-refractivity contribution in [2.75, 3.05) is 5.32 Å². The molecule has 0 radical (unpaired) electrons. The number of benzene rings is 2. The van der Waals surface area contributed by atoms with Crippen LogP contribution in [0.15, 0.2) is 30.3 Å². The zero-order chi connectivity index (χ0) is 21.3. The van der Waals surface area contributed by atoms with Crippen molar-refractivity contribution in [1.29, 1.82) is 0 Å². The number of rotatable bonds is 5. The van der Waals surface area contributed by atoms with Gasteiger partial charge in [0, 0.05) is 23.8 Å². The summed E-state index contributed by atoms with van der Waals surface area (Å²) in [6.07, 6.45) is 0. The lowest BCUT2D eigenvalue weighted by Crippen LogP contribution is -2.16. The van der Waals surface area contributed by atoms with E-state index in [1.54, 1.807) is 24.3 Å². The molecular weight excluding hydrogens is 459 g/mol. The minimum Gasteiger partial charge on any atom is -0.423 e. The number of carbonyl (C=O) groups is 3. The summed E-state index contributed by atoms with van der Waals surface area (Å²) in [4.78, 5) is 36.0. The van der Waals surface area contributed by atoms with Crippen LogP contribution in [-0.4, -0.2) is 17.8 Å². The minimum absolute atomic E-state index is 0.0276. The van der Waals surface area contributed by atoms with Crippen molar-refractivity contribution < 1.29 is 19.1 Å². The van der Waals surface area contributed by atoms with Crippen LogP contribution in [0.2, 0.25) is 10.0 Å². The first-order chi connectivity index (χ1) is 13.7. The van der Waals surface area contributed by atoms with Crippen LogP contribution >= 0.6 is 46.1 Å². The lowest BCUT2D eigenvalue weighted by atomic mass is 10.1. The maximum Gasteiger partial charge on any atom is 0.308 e. The minimum atomic E-state index is -0.767. The third kappa shape index (κ3) is 4.33. The van der Waals surface area contributed by atoms with E-state index in [9.17, 15) is 14.4 Å². The average Bonchev–Trinajstić information content (AvgIpc) is 3.03. The number of alkyl halides is 1.